The van der Waals surface area contributed by atoms with Gasteiger partial charge in [0.1, 0.15) is 5.75 Å². The van der Waals surface area contributed by atoms with Gasteiger partial charge in [-0.15, -0.1) is 0 Å². The van der Waals surface area contributed by atoms with Crippen LogP contribution >= 0.6 is 15.9 Å². The van der Waals surface area contributed by atoms with Gasteiger partial charge in [0, 0.05) is 16.1 Å². The van der Waals surface area contributed by atoms with E-state index < -0.39 is 17.9 Å². The van der Waals surface area contributed by atoms with Crippen LogP contribution in [0.1, 0.15) is 23.2 Å². The number of hydrogen-bond donors (Lipinski definition) is 0. The number of imide groups is 1. The quantitative estimate of drug-likeness (QED) is 0.508. The summed E-state index contributed by atoms with van der Waals surface area (Å²) in [6.07, 6.45) is 1.76. The van der Waals surface area contributed by atoms with Crippen LogP contribution in [0, 0.1) is 11.8 Å². The lowest BCUT2D eigenvalue weighted by atomic mass is 9.85. The summed E-state index contributed by atoms with van der Waals surface area (Å²) >= 11 is 3.41. The molecular formula is C23H21BrN2O4. The van der Waals surface area contributed by atoms with Crippen molar-refractivity contribution in [3.05, 3.63) is 58.6 Å². The number of rotatable bonds is 4. The third kappa shape index (κ3) is 2.83. The van der Waals surface area contributed by atoms with E-state index in [1.807, 2.05) is 6.07 Å². The Morgan fingerprint density at radius 3 is 2.50 bits per heavy atom. The van der Waals surface area contributed by atoms with Crippen molar-refractivity contribution in [2.45, 2.75) is 24.9 Å². The van der Waals surface area contributed by atoms with Crippen LogP contribution in [0.5, 0.6) is 5.75 Å². The van der Waals surface area contributed by atoms with Crippen molar-refractivity contribution in [2.75, 3.05) is 18.6 Å². The number of methoxy groups -OCH3 is 1. The SMILES string of the molecule is COc1ccc(C(=O)[C@H]2[C@@H]3C(=O)N(c4cccc(Br)c4)C(=O)[C@@H]3[C@H]3CCCN32)cc1. The topological polar surface area (TPSA) is 66.9 Å². The molecule has 2 amide bonds. The number of ether oxygens (including phenoxy) is 1. The largest absolute Gasteiger partial charge is 0.497 e. The highest BCUT2D eigenvalue weighted by molar-refractivity contribution is 9.10. The van der Waals surface area contributed by atoms with Gasteiger partial charge in [-0.25, -0.2) is 4.90 Å². The van der Waals surface area contributed by atoms with E-state index in [1.54, 1.807) is 49.6 Å². The Bertz CT molecular complexity index is 1040. The molecule has 2 aromatic carbocycles. The first-order chi connectivity index (χ1) is 14.5. The van der Waals surface area contributed by atoms with Crippen LogP contribution in [-0.2, 0) is 9.59 Å². The van der Waals surface area contributed by atoms with Gasteiger partial charge in [-0.05, 0) is 61.9 Å². The average Bonchev–Trinajstić information content (AvgIpc) is 3.39. The lowest BCUT2D eigenvalue weighted by Gasteiger charge is -2.27. The maximum atomic E-state index is 13.5. The van der Waals surface area contributed by atoms with Crippen LogP contribution in [0.3, 0.4) is 0 Å². The smallest absolute Gasteiger partial charge is 0.239 e. The van der Waals surface area contributed by atoms with Crippen LogP contribution in [0.2, 0.25) is 0 Å². The van der Waals surface area contributed by atoms with E-state index in [4.69, 9.17) is 4.74 Å². The lowest BCUT2D eigenvalue weighted by Crippen LogP contribution is -2.46. The number of ketones is 1. The van der Waals surface area contributed by atoms with Crippen LogP contribution < -0.4 is 9.64 Å². The highest BCUT2D eigenvalue weighted by atomic mass is 79.9. The second-order valence-electron chi connectivity index (χ2n) is 8.03. The van der Waals surface area contributed by atoms with Crippen LogP contribution in [0.4, 0.5) is 5.69 Å². The molecule has 4 atom stereocenters. The third-order valence-corrected chi connectivity index (χ3v) is 7.05. The number of hydrogen-bond acceptors (Lipinski definition) is 5. The van der Waals surface area contributed by atoms with E-state index in [1.165, 1.54) is 4.90 Å². The molecule has 6 nitrogen and oxygen atoms in total. The van der Waals surface area contributed by atoms with Crippen molar-refractivity contribution < 1.29 is 19.1 Å². The molecule has 3 fully saturated rings. The van der Waals surface area contributed by atoms with Crippen molar-refractivity contribution >= 4 is 39.2 Å². The molecule has 3 aliphatic rings. The number of benzene rings is 2. The summed E-state index contributed by atoms with van der Waals surface area (Å²) in [4.78, 5) is 43.7. The van der Waals surface area contributed by atoms with Gasteiger partial charge in [-0.2, -0.15) is 0 Å². The van der Waals surface area contributed by atoms with Crippen molar-refractivity contribution in [3.63, 3.8) is 0 Å². The number of carbonyl (C=O) groups excluding carboxylic acids is 3. The van der Waals surface area contributed by atoms with Gasteiger partial charge in [0.15, 0.2) is 5.78 Å². The third-order valence-electron chi connectivity index (χ3n) is 6.56. The molecule has 0 spiro atoms. The molecule has 154 valence electrons. The number of halogens is 1. The van der Waals surface area contributed by atoms with Gasteiger partial charge >= 0.3 is 0 Å². The summed E-state index contributed by atoms with van der Waals surface area (Å²) in [6.45, 7) is 0.738. The number of Topliss-reactive ketones (excluding diaryl/α,β-unsaturated/α-hetero) is 1. The molecule has 0 N–H and O–H groups in total. The number of carbonyl (C=O) groups is 3. The predicted molar refractivity (Wildman–Crippen MR) is 114 cm³/mol. The molecule has 0 unspecified atom stereocenters. The average molecular weight is 469 g/mol. The zero-order chi connectivity index (χ0) is 21.0. The normalized spacial score (nSPS) is 28.0. The van der Waals surface area contributed by atoms with Crippen molar-refractivity contribution in [1.29, 1.82) is 0 Å². The van der Waals surface area contributed by atoms with Gasteiger partial charge in [-0.3, -0.25) is 19.3 Å². The Labute approximate surface area is 182 Å². The van der Waals surface area contributed by atoms with Crippen molar-refractivity contribution in [1.82, 2.24) is 4.90 Å². The predicted octanol–water partition coefficient (Wildman–Crippen LogP) is 3.29. The van der Waals surface area contributed by atoms with Gasteiger partial charge < -0.3 is 4.74 Å². The Morgan fingerprint density at radius 1 is 1.07 bits per heavy atom. The standard InChI is InChI=1S/C23H21BrN2O4/c1-30-16-9-7-13(8-10-16)21(27)20-19-18(17-6-3-11-25(17)20)22(28)26(23(19)29)15-5-2-4-14(24)12-15/h2,4-5,7-10,12,17-20H,3,6,11H2,1H3/t17-,18-,19-,20-/m1/s1. The first kappa shape index (κ1) is 19.5. The first-order valence-corrected chi connectivity index (χ1v) is 10.9. The van der Waals surface area contributed by atoms with Crippen LogP contribution in [0.15, 0.2) is 53.0 Å². The van der Waals surface area contributed by atoms with Crippen molar-refractivity contribution in [3.8, 4) is 5.75 Å². The number of nitrogens with zero attached hydrogens (tertiary/aromatic N) is 2. The fraction of sp³-hybridized carbons (Fsp3) is 0.348. The molecule has 0 bridgehead atoms. The Morgan fingerprint density at radius 2 is 1.80 bits per heavy atom. The highest BCUT2D eigenvalue weighted by Crippen LogP contribution is 2.48. The molecule has 5 rings (SSSR count). The van der Waals surface area contributed by atoms with E-state index in [9.17, 15) is 14.4 Å². The van der Waals surface area contributed by atoms with Crippen LogP contribution in [-0.4, -0.2) is 48.2 Å². The van der Waals surface area contributed by atoms with E-state index in [0.29, 0.717) is 17.0 Å². The second-order valence-corrected chi connectivity index (χ2v) is 8.94. The minimum absolute atomic E-state index is 0.0594. The Balaban J connectivity index is 1.53. The van der Waals surface area contributed by atoms with E-state index in [-0.39, 0.29) is 23.6 Å². The summed E-state index contributed by atoms with van der Waals surface area (Å²) < 4.78 is 5.98. The minimum atomic E-state index is -0.642. The molecule has 3 aliphatic heterocycles. The van der Waals surface area contributed by atoms with E-state index in [2.05, 4.69) is 20.8 Å². The maximum Gasteiger partial charge on any atom is 0.239 e. The van der Waals surface area contributed by atoms with Gasteiger partial charge in [0.2, 0.25) is 11.8 Å². The second kappa shape index (κ2) is 7.32. The fourth-order valence-corrected chi connectivity index (χ4v) is 5.70. The van der Waals surface area contributed by atoms with Gasteiger partial charge in [0.25, 0.3) is 0 Å². The molecule has 3 saturated heterocycles. The molecule has 0 radical (unpaired) electrons. The van der Waals surface area contributed by atoms with Gasteiger partial charge in [0.05, 0.1) is 30.7 Å². The zero-order valence-electron chi connectivity index (χ0n) is 16.5. The highest BCUT2D eigenvalue weighted by Gasteiger charge is 2.64. The molecule has 3 heterocycles. The molecule has 0 saturated carbocycles. The minimum Gasteiger partial charge on any atom is -0.497 e. The van der Waals surface area contributed by atoms with E-state index in [0.717, 1.165) is 23.9 Å². The summed E-state index contributed by atoms with van der Waals surface area (Å²) in [5.74, 6) is -1.01. The molecule has 7 heteroatoms. The summed E-state index contributed by atoms with van der Waals surface area (Å²) in [5, 5.41) is 0. The first-order valence-electron chi connectivity index (χ1n) is 10.1. The molecule has 0 aromatic heterocycles. The number of anilines is 1. The number of amides is 2. The maximum absolute atomic E-state index is 13.5. The monoisotopic (exact) mass is 468 g/mol. The summed E-state index contributed by atoms with van der Waals surface area (Å²) in [5.41, 5.74) is 1.09. The Hall–Kier alpha value is -2.51. The molecule has 0 aliphatic carbocycles. The summed E-state index contributed by atoms with van der Waals surface area (Å²) in [7, 11) is 1.58. The lowest BCUT2D eigenvalue weighted by molar-refractivity contribution is -0.123. The zero-order valence-corrected chi connectivity index (χ0v) is 18.0. The van der Waals surface area contributed by atoms with Crippen molar-refractivity contribution in [2.24, 2.45) is 11.8 Å². The fourth-order valence-electron chi connectivity index (χ4n) is 5.31. The van der Waals surface area contributed by atoms with Crippen LogP contribution in [0.25, 0.3) is 0 Å². The molecule has 2 aromatic rings. The van der Waals surface area contributed by atoms with Gasteiger partial charge in [-0.1, -0.05) is 22.0 Å². The van der Waals surface area contributed by atoms with E-state index >= 15 is 0 Å². The Kier molecular flexibility index (Phi) is 4.75. The number of fused-ring (bicyclic) bond motifs is 3. The summed E-state index contributed by atoms with van der Waals surface area (Å²) in [6, 6.07) is 13.5. The molecular weight excluding hydrogens is 448 g/mol. The molecule has 30 heavy (non-hydrogen) atoms.